The maximum absolute atomic E-state index is 6.22. The van der Waals surface area contributed by atoms with Crippen molar-refractivity contribution >= 4 is 11.6 Å². The molecular weight excluding hydrogens is 210 g/mol. The average Bonchev–Trinajstić information content (AvgIpc) is 2.85. The van der Waals surface area contributed by atoms with Crippen LogP contribution >= 0.6 is 11.6 Å². The van der Waals surface area contributed by atoms with E-state index in [0.717, 1.165) is 19.7 Å². The van der Waals surface area contributed by atoms with Gasteiger partial charge in [-0.15, -0.1) is 11.6 Å². The van der Waals surface area contributed by atoms with Crippen LogP contribution in [0.1, 0.15) is 38.5 Å². The van der Waals surface area contributed by atoms with Gasteiger partial charge in [0.05, 0.1) is 6.10 Å². The van der Waals surface area contributed by atoms with Crippen molar-refractivity contribution in [3.05, 3.63) is 0 Å². The van der Waals surface area contributed by atoms with E-state index in [9.17, 15) is 0 Å². The van der Waals surface area contributed by atoms with Crippen molar-refractivity contribution in [1.82, 2.24) is 5.32 Å². The van der Waals surface area contributed by atoms with Crippen LogP contribution in [0.2, 0.25) is 0 Å². The lowest BCUT2D eigenvalue weighted by molar-refractivity contribution is 0.104. The fourth-order valence-electron chi connectivity index (χ4n) is 2.64. The molecule has 3 unspecified atom stereocenters. The van der Waals surface area contributed by atoms with Gasteiger partial charge in [0.15, 0.2) is 0 Å². The first-order valence-corrected chi connectivity index (χ1v) is 6.76. The first kappa shape index (κ1) is 11.7. The van der Waals surface area contributed by atoms with Gasteiger partial charge in [-0.05, 0) is 51.1 Å². The minimum Gasteiger partial charge on any atom is -0.378 e. The molecule has 2 nitrogen and oxygen atoms in total. The van der Waals surface area contributed by atoms with E-state index >= 15 is 0 Å². The van der Waals surface area contributed by atoms with E-state index in [2.05, 4.69) is 5.32 Å². The van der Waals surface area contributed by atoms with Gasteiger partial charge in [0.25, 0.3) is 0 Å². The Hall–Kier alpha value is 0.210. The summed E-state index contributed by atoms with van der Waals surface area (Å²) in [6, 6.07) is 0. The molecule has 88 valence electrons. The van der Waals surface area contributed by atoms with Crippen LogP contribution in [0.25, 0.3) is 0 Å². The lowest BCUT2D eigenvalue weighted by Crippen LogP contribution is -2.28. The van der Waals surface area contributed by atoms with Crippen LogP contribution < -0.4 is 5.32 Å². The summed E-state index contributed by atoms with van der Waals surface area (Å²) in [4.78, 5) is 0. The fraction of sp³-hybridized carbons (Fsp3) is 1.00. The van der Waals surface area contributed by atoms with Gasteiger partial charge in [0, 0.05) is 12.0 Å². The predicted octanol–water partition coefficient (Wildman–Crippen LogP) is 2.55. The van der Waals surface area contributed by atoms with Crippen molar-refractivity contribution in [2.75, 3.05) is 19.7 Å². The number of hydrogen-bond acceptors (Lipinski definition) is 2. The molecule has 0 aromatic carbocycles. The molecule has 2 fully saturated rings. The molecule has 1 aliphatic heterocycles. The summed E-state index contributed by atoms with van der Waals surface area (Å²) < 4.78 is 5.58. The minimum absolute atomic E-state index is 0.417. The molecule has 0 amide bonds. The van der Waals surface area contributed by atoms with Gasteiger partial charge in [0.1, 0.15) is 0 Å². The standard InChI is InChI=1S/C12H22ClNO/c13-12-5-1-3-10(12)9-14-7-6-11-4-2-8-15-11/h10-12,14H,1-9H2. The van der Waals surface area contributed by atoms with E-state index in [0.29, 0.717) is 17.4 Å². The van der Waals surface area contributed by atoms with E-state index in [-0.39, 0.29) is 0 Å². The van der Waals surface area contributed by atoms with Crippen LogP contribution in [0.3, 0.4) is 0 Å². The van der Waals surface area contributed by atoms with Gasteiger partial charge in [0.2, 0.25) is 0 Å². The highest BCUT2D eigenvalue weighted by Gasteiger charge is 2.24. The van der Waals surface area contributed by atoms with E-state index in [1.165, 1.54) is 38.5 Å². The smallest absolute Gasteiger partial charge is 0.0588 e. The van der Waals surface area contributed by atoms with Crippen LogP contribution in [-0.2, 0) is 4.74 Å². The number of alkyl halides is 1. The Bertz CT molecular complexity index is 182. The van der Waals surface area contributed by atoms with Crippen LogP contribution in [0.5, 0.6) is 0 Å². The fourth-order valence-corrected chi connectivity index (χ4v) is 3.01. The highest BCUT2D eigenvalue weighted by molar-refractivity contribution is 6.20. The van der Waals surface area contributed by atoms with Gasteiger partial charge < -0.3 is 10.1 Å². The van der Waals surface area contributed by atoms with Crippen molar-refractivity contribution in [3.63, 3.8) is 0 Å². The van der Waals surface area contributed by atoms with Gasteiger partial charge in [-0.1, -0.05) is 6.42 Å². The first-order chi connectivity index (χ1) is 7.36. The molecule has 3 atom stereocenters. The summed E-state index contributed by atoms with van der Waals surface area (Å²) in [5.74, 6) is 0.705. The van der Waals surface area contributed by atoms with Crippen molar-refractivity contribution in [2.45, 2.75) is 50.0 Å². The third-order valence-corrected chi connectivity index (χ3v) is 4.21. The molecule has 3 heteroatoms. The average molecular weight is 232 g/mol. The van der Waals surface area contributed by atoms with Crippen LogP contribution in [0, 0.1) is 5.92 Å². The van der Waals surface area contributed by atoms with E-state index in [1.807, 2.05) is 0 Å². The van der Waals surface area contributed by atoms with E-state index in [4.69, 9.17) is 16.3 Å². The lowest BCUT2D eigenvalue weighted by Gasteiger charge is -2.15. The Morgan fingerprint density at radius 1 is 1.20 bits per heavy atom. The topological polar surface area (TPSA) is 21.3 Å². The van der Waals surface area contributed by atoms with Crippen molar-refractivity contribution in [2.24, 2.45) is 5.92 Å². The van der Waals surface area contributed by atoms with Crippen molar-refractivity contribution in [3.8, 4) is 0 Å². The number of halogens is 1. The molecule has 1 heterocycles. The summed E-state index contributed by atoms with van der Waals surface area (Å²) in [6.45, 7) is 3.16. The van der Waals surface area contributed by atoms with Gasteiger partial charge >= 0.3 is 0 Å². The number of rotatable bonds is 5. The Morgan fingerprint density at radius 3 is 2.80 bits per heavy atom. The lowest BCUT2D eigenvalue weighted by atomic mass is 10.1. The van der Waals surface area contributed by atoms with Gasteiger partial charge in [-0.25, -0.2) is 0 Å². The summed E-state index contributed by atoms with van der Waals surface area (Å²) in [5, 5.41) is 3.94. The first-order valence-electron chi connectivity index (χ1n) is 6.32. The summed E-state index contributed by atoms with van der Waals surface area (Å²) in [6.07, 6.45) is 8.01. The Balaban J connectivity index is 1.51. The van der Waals surface area contributed by atoms with Crippen LogP contribution in [-0.4, -0.2) is 31.2 Å². The molecule has 1 saturated heterocycles. The number of ether oxygens (including phenoxy) is 1. The molecular formula is C12H22ClNO. The largest absolute Gasteiger partial charge is 0.378 e. The molecule has 1 saturated carbocycles. The third-order valence-electron chi connectivity index (χ3n) is 3.64. The highest BCUT2D eigenvalue weighted by Crippen LogP contribution is 2.29. The number of hydrogen-bond donors (Lipinski definition) is 1. The molecule has 0 spiro atoms. The molecule has 0 aromatic heterocycles. The highest BCUT2D eigenvalue weighted by atomic mass is 35.5. The number of nitrogens with one attached hydrogen (secondary N) is 1. The molecule has 0 radical (unpaired) electrons. The summed E-state index contributed by atoms with van der Waals surface area (Å²) >= 11 is 6.22. The van der Waals surface area contributed by atoms with Crippen molar-refractivity contribution < 1.29 is 4.74 Å². The Kier molecular flexibility index (Phi) is 4.73. The summed E-state index contributed by atoms with van der Waals surface area (Å²) in [7, 11) is 0. The SMILES string of the molecule is ClC1CCCC1CNCCC1CCCO1. The molecule has 1 aliphatic carbocycles. The second kappa shape index (κ2) is 6.07. The monoisotopic (exact) mass is 231 g/mol. The van der Waals surface area contributed by atoms with Crippen LogP contribution in [0.4, 0.5) is 0 Å². The zero-order valence-corrected chi connectivity index (χ0v) is 10.1. The van der Waals surface area contributed by atoms with Crippen molar-refractivity contribution in [1.29, 1.82) is 0 Å². The minimum atomic E-state index is 0.417. The zero-order valence-electron chi connectivity index (χ0n) is 9.38. The van der Waals surface area contributed by atoms with Crippen LogP contribution in [0.15, 0.2) is 0 Å². The molecule has 2 aliphatic rings. The normalized spacial score (nSPS) is 36.2. The Morgan fingerprint density at radius 2 is 2.13 bits per heavy atom. The maximum atomic E-state index is 6.22. The maximum Gasteiger partial charge on any atom is 0.0588 e. The van der Waals surface area contributed by atoms with E-state index < -0.39 is 0 Å². The molecule has 15 heavy (non-hydrogen) atoms. The van der Waals surface area contributed by atoms with Gasteiger partial charge in [-0.3, -0.25) is 0 Å². The van der Waals surface area contributed by atoms with Gasteiger partial charge in [-0.2, -0.15) is 0 Å². The summed E-state index contributed by atoms with van der Waals surface area (Å²) in [5.41, 5.74) is 0. The molecule has 0 bridgehead atoms. The third kappa shape index (κ3) is 3.61. The molecule has 2 rings (SSSR count). The molecule has 0 aromatic rings. The zero-order chi connectivity index (χ0) is 10.5. The molecule has 1 N–H and O–H groups in total. The Labute approximate surface area is 97.7 Å². The predicted molar refractivity (Wildman–Crippen MR) is 63.4 cm³/mol. The second-order valence-corrected chi connectivity index (χ2v) is 5.40. The second-order valence-electron chi connectivity index (χ2n) is 4.83. The quantitative estimate of drug-likeness (QED) is 0.580. The van der Waals surface area contributed by atoms with E-state index in [1.54, 1.807) is 0 Å².